The first-order valence-corrected chi connectivity index (χ1v) is 7.38. The van der Waals surface area contributed by atoms with Gasteiger partial charge in [0.1, 0.15) is 0 Å². The van der Waals surface area contributed by atoms with E-state index >= 15 is 0 Å². The van der Waals surface area contributed by atoms with Gasteiger partial charge in [-0.25, -0.2) is 0 Å². The van der Waals surface area contributed by atoms with Gasteiger partial charge in [-0.3, -0.25) is 4.79 Å². The van der Waals surface area contributed by atoms with Crippen LogP contribution in [0.3, 0.4) is 0 Å². The van der Waals surface area contributed by atoms with Crippen LogP contribution in [0.5, 0.6) is 0 Å². The highest BCUT2D eigenvalue weighted by molar-refractivity contribution is 5.95. The van der Waals surface area contributed by atoms with Gasteiger partial charge in [-0.15, -0.1) is 0 Å². The number of carbonyl (C=O) groups excluding carboxylic acids is 1. The molecule has 110 valence electrons. The molecule has 21 heavy (non-hydrogen) atoms. The molecule has 0 aliphatic heterocycles. The number of nitrogens with two attached hydrogens (primary N) is 1. The number of hydrogen-bond acceptors (Lipinski definition) is 2. The number of benzene rings is 2. The third-order valence-electron chi connectivity index (χ3n) is 3.55. The Balaban J connectivity index is 1.97. The van der Waals surface area contributed by atoms with E-state index in [9.17, 15) is 4.79 Å². The van der Waals surface area contributed by atoms with Gasteiger partial charge >= 0.3 is 0 Å². The quantitative estimate of drug-likeness (QED) is 0.856. The third-order valence-corrected chi connectivity index (χ3v) is 3.55. The van der Waals surface area contributed by atoms with Crippen molar-refractivity contribution in [2.24, 2.45) is 5.73 Å². The van der Waals surface area contributed by atoms with E-state index in [1.54, 1.807) is 0 Å². The Morgan fingerprint density at radius 1 is 1.05 bits per heavy atom. The molecule has 2 aromatic carbocycles. The smallest absolute Gasteiger partial charge is 0.251 e. The van der Waals surface area contributed by atoms with Gasteiger partial charge in [0.2, 0.25) is 0 Å². The average molecular weight is 282 g/mol. The minimum atomic E-state index is -0.0153. The number of amides is 1. The van der Waals surface area contributed by atoms with Gasteiger partial charge in [0.25, 0.3) is 5.91 Å². The standard InChI is InChI=1S/C18H22N2O/c1-2-16-5-3-4-6-17(16)18(21)20-13-15-9-7-14(8-10-15)11-12-19/h3-10H,2,11-13,19H2,1H3,(H,20,21). The summed E-state index contributed by atoms with van der Waals surface area (Å²) in [5.74, 6) is -0.0153. The second kappa shape index (κ2) is 7.60. The zero-order valence-electron chi connectivity index (χ0n) is 12.4. The van der Waals surface area contributed by atoms with E-state index in [0.29, 0.717) is 13.1 Å². The van der Waals surface area contributed by atoms with Crippen molar-refractivity contribution in [2.75, 3.05) is 6.54 Å². The Hall–Kier alpha value is -2.13. The largest absolute Gasteiger partial charge is 0.348 e. The third kappa shape index (κ3) is 4.17. The molecule has 3 nitrogen and oxygen atoms in total. The van der Waals surface area contributed by atoms with E-state index in [2.05, 4.69) is 24.4 Å². The molecular weight excluding hydrogens is 260 g/mol. The van der Waals surface area contributed by atoms with Gasteiger partial charge in [0, 0.05) is 12.1 Å². The van der Waals surface area contributed by atoms with Crippen LogP contribution in [0.25, 0.3) is 0 Å². The zero-order valence-corrected chi connectivity index (χ0v) is 12.4. The van der Waals surface area contributed by atoms with Crippen LogP contribution in [0.4, 0.5) is 0 Å². The van der Waals surface area contributed by atoms with Gasteiger partial charge in [-0.2, -0.15) is 0 Å². The number of aryl methyl sites for hydroxylation is 1. The lowest BCUT2D eigenvalue weighted by Gasteiger charge is -2.09. The maximum atomic E-state index is 12.2. The Labute approximate surface area is 126 Å². The SMILES string of the molecule is CCc1ccccc1C(=O)NCc1ccc(CCN)cc1. The van der Waals surface area contributed by atoms with Crippen molar-refractivity contribution >= 4 is 5.91 Å². The molecule has 2 aromatic rings. The Morgan fingerprint density at radius 3 is 2.38 bits per heavy atom. The lowest BCUT2D eigenvalue weighted by atomic mass is 10.0. The van der Waals surface area contributed by atoms with Crippen LogP contribution < -0.4 is 11.1 Å². The monoisotopic (exact) mass is 282 g/mol. The first-order chi connectivity index (χ1) is 10.2. The van der Waals surface area contributed by atoms with Crippen molar-refractivity contribution in [3.8, 4) is 0 Å². The molecule has 2 rings (SSSR count). The average Bonchev–Trinajstić information content (AvgIpc) is 2.54. The topological polar surface area (TPSA) is 55.1 Å². The molecule has 0 aliphatic rings. The Kier molecular flexibility index (Phi) is 5.52. The fourth-order valence-corrected chi connectivity index (χ4v) is 2.32. The molecular formula is C18H22N2O. The number of hydrogen-bond donors (Lipinski definition) is 2. The normalized spacial score (nSPS) is 10.4. The minimum absolute atomic E-state index is 0.0153. The molecule has 0 spiro atoms. The van der Waals surface area contributed by atoms with Crippen molar-refractivity contribution in [3.63, 3.8) is 0 Å². The highest BCUT2D eigenvalue weighted by Crippen LogP contribution is 2.10. The summed E-state index contributed by atoms with van der Waals surface area (Å²) >= 11 is 0. The molecule has 3 heteroatoms. The van der Waals surface area contributed by atoms with Gasteiger partial charge in [0.15, 0.2) is 0 Å². The molecule has 1 amide bonds. The van der Waals surface area contributed by atoms with Crippen LogP contribution in [-0.4, -0.2) is 12.5 Å². The number of carbonyl (C=O) groups is 1. The second-order valence-electron chi connectivity index (χ2n) is 5.05. The lowest BCUT2D eigenvalue weighted by molar-refractivity contribution is 0.0950. The summed E-state index contributed by atoms with van der Waals surface area (Å²) in [4.78, 5) is 12.2. The summed E-state index contributed by atoms with van der Waals surface area (Å²) < 4.78 is 0. The first kappa shape index (κ1) is 15.3. The summed E-state index contributed by atoms with van der Waals surface area (Å²) in [5.41, 5.74) is 9.69. The predicted molar refractivity (Wildman–Crippen MR) is 86.2 cm³/mol. The first-order valence-electron chi connectivity index (χ1n) is 7.38. The van der Waals surface area contributed by atoms with E-state index in [1.165, 1.54) is 5.56 Å². The van der Waals surface area contributed by atoms with Crippen LogP contribution in [0.1, 0.15) is 34.0 Å². The maximum absolute atomic E-state index is 12.2. The summed E-state index contributed by atoms with van der Waals surface area (Å²) in [6.45, 7) is 3.26. The molecule has 0 radical (unpaired) electrons. The van der Waals surface area contributed by atoms with Crippen LogP contribution in [0.15, 0.2) is 48.5 Å². The fourth-order valence-electron chi connectivity index (χ4n) is 2.32. The fraction of sp³-hybridized carbons (Fsp3) is 0.278. The van der Waals surface area contributed by atoms with Gasteiger partial charge < -0.3 is 11.1 Å². The van der Waals surface area contributed by atoms with Crippen molar-refractivity contribution in [2.45, 2.75) is 26.3 Å². The Bertz CT molecular complexity index is 590. The van der Waals surface area contributed by atoms with Crippen LogP contribution >= 0.6 is 0 Å². The van der Waals surface area contributed by atoms with E-state index in [0.717, 1.165) is 29.5 Å². The second-order valence-corrected chi connectivity index (χ2v) is 5.05. The summed E-state index contributed by atoms with van der Waals surface area (Å²) in [7, 11) is 0. The van der Waals surface area contributed by atoms with Crippen molar-refractivity contribution < 1.29 is 4.79 Å². The highest BCUT2D eigenvalue weighted by atomic mass is 16.1. The van der Waals surface area contributed by atoms with Gasteiger partial charge in [-0.1, -0.05) is 49.4 Å². The molecule has 0 aromatic heterocycles. The molecule has 0 saturated carbocycles. The summed E-state index contributed by atoms with van der Waals surface area (Å²) in [6.07, 6.45) is 1.74. The van der Waals surface area contributed by atoms with E-state index in [1.807, 2.05) is 36.4 Å². The van der Waals surface area contributed by atoms with E-state index in [4.69, 9.17) is 5.73 Å². The molecule has 0 atom stereocenters. The highest BCUT2D eigenvalue weighted by Gasteiger charge is 2.08. The molecule has 0 heterocycles. The molecule has 0 unspecified atom stereocenters. The van der Waals surface area contributed by atoms with Gasteiger partial charge in [-0.05, 0) is 42.1 Å². The maximum Gasteiger partial charge on any atom is 0.251 e. The Morgan fingerprint density at radius 2 is 1.71 bits per heavy atom. The molecule has 0 fully saturated rings. The number of nitrogens with one attached hydrogen (secondary N) is 1. The summed E-state index contributed by atoms with van der Waals surface area (Å²) in [5, 5.41) is 2.98. The molecule has 0 aliphatic carbocycles. The molecule has 3 N–H and O–H groups in total. The van der Waals surface area contributed by atoms with Crippen LogP contribution in [-0.2, 0) is 19.4 Å². The van der Waals surface area contributed by atoms with Crippen LogP contribution in [0, 0.1) is 0 Å². The van der Waals surface area contributed by atoms with E-state index < -0.39 is 0 Å². The van der Waals surface area contributed by atoms with E-state index in [-0.39, 0.29) is 5.91 Å². The van der Waals surface area contributed by atoms with Crippen molar-refractivity contribution in [3.05, 3.63) is 70.8 Å². The molecule has 0 saturated heterocycles. The molecule has 0 bridgehead atoms. The van der Waals surface area contributed by atoms with Crippen molar-refractivity contribution in [1.82, 2.24) is 5.32 Å². The minimum Gasteiger partial charge on any atom is -0.348 e. The predicted octanol–water partition coefficient (Wildman–Crippen LogP) is 2.68. The van der Waals surface area contributed by atoms with Crippen molar-refractivity contribution in [1.29, 1.82) is 0 Å². The summed E-state index contributed by atoms with van der Waals surface area (Å²) in [6, 6.07) is 15.9. The van der Waals surface area contributed by atoms with Gasteiger partial charge in [0.05, 0.1) is 0 Å². The zero-order chi connectivity index (χ0) is 15.1. The lowest BCUT2D eigenvalue weighted by Crippen LogP contribution is -2.23. The number of rotatable bonds is 6. The van der Waals surface area contributed by atoms with Crippen LogP contribution in [0.2, 0.25) is 0 Å².